The molecule has 0 bridgehead atoms. The summed E-state index contributed by atoms with van der Waals surface area (Å²) in [5.41, 5.74) is 1.10. The summed E-state index contributed by atoms with van der Waals surface area (Å²) < 4.78 is 13.7. The van der Waals surface area contributed by atoms with Gasteiger partial charge in [-0.15, -0.1) is 24.0 Å². The lowest BCUT2D eigenvalue weighted by Crippen LogP contribution is -2.39. The Hall–Kier alpha value is -0.370. The highest BCUT2D eigenvalue weighted by atomic mass is 127. The third kappa shape index (κ3) is 5.73. The minimum atomic E-state index is -0.220. The van der Waals surface area contributed by atoms with Crippen LogP contribution in [0.25, 0.3) is 0 Å². The normalized spacial score (nSPS) is 15.0. The molecule has 0 aliphatic carbocycles. The lowest BCUT2D eigenvalue weighted by Gasteiger charge is -2.20. The molecule has 3 nitrogen and oxygen atoms in total. The number of hydrogen-bond acceptors (Lipinski definition) is 1. The molecule has 1 N–H and O–H groups in total. The highest BCUT2D eigenvalue weighted by Crippen LogP contribution is 2.17. The lowest BCUT2D eigenvalue weighted by molar-refractivity contribution is 0.494. The fourth-order valence-corrected chi connectivity index (χ4v) is 2.77. The summed E-state index contributed by atoms with van der Waals surface area (Å²) in [7, 11) is 0. The average Bonchev–Trinajstić information content (AvgIpc) is 2.96. The smallest absolute Gasteiger partial charge is 0.193 e. The van der Waals surface area contributed by atoms with E-state index in [4.69, 9.17) is 0 Å². The van der Waals surface area contributed by atoms with E-state index in [-0.39, 0.29) is 29.8 Å². The van der Waals surface area contributed by atoms with Gasteiger partial charge in [0, 0.05) is 26.2 Å². The van der Waals surface area contributed by atoms with E-state index in [2.05, 4.69) is 38.1 Å². The van der Waals surface area contributed by atoms with E-state index in [1.807, 2.05) is 12.1 Å². The molecular weight excluding hydrogens is 448 g/mol. The van der Waals surface area contributed by atoms with Crippen molar-refractivity contribution in [3.8, 4) is 0 Å². The van der Waals surface area contributed by atoms with Gasteiger partial charge in [0.05, 0.1) is 4.47 Å². The monoisotopic (exact) mass is 469 g/mol. The van der Waals surface area contributed by atoms with Gasteiger partial charge in [-0.25, -0.2) is 4.39 Å². The first-order chi connectivity index (χ1) is 9.70. The van der Waals surface area contributed by atoms with Gasteiger partial charge in [-0.2, -0.15) is 0 Å². The van der Waals surface area contributed by atoms with Gasteiger partial charge >= 0.3 is 0 Å². The SMILES string of the molecule is CCNC(=NCCc1ccc(F)c(Br)c1)N1CCCC1.I. The molecule has 118 valence electrons. The highest BCUT2D eigenvalue weighted by molar-refractivity contribution is 14.0. The molecule has 1 aliphatic heterocycles. The fraction of sp³-hybridized carbons (Fsp3) is 0.533. The summed E-state index contributed by atoms with van der Waals surface area (Å²) in [6.45, 7) is 5.87. The molecule has 0 radical (unpaired) electrons. The maximum absolute atomic E-state index is 13.2. The van der Waals surface area contributed by atoms with Crippen molar-refractivity contribution in [1.82, 2.24) is 10.2 Å². The molecule has 21 heavy (non-hydrogen) atoms. The second-order valence-electron chi connectivity index (χ2n) is 4.93. The topological polar surface area (TPSA) is 27.6 Å². The predicted octanol–water partition coefficient (Wildman–Crippen LogP) is 3.81. The first-order valence-electron chi connectivity index (χ1n) is 7.18. The van der Waals surface area contributed by atoms with Crippen LogP contribution in [0.3, 0.4) is 0 Å². The number of nitrogens with one attached hydrogen (secondary N) is 1. The van der Waals surface area contributed by atoms with Gasteiger partial charge < -0.3 is 10.2 Å². The predicted molar refractivity (Wildman–Crippen MR) is 100 cm³/mol. The summed E-state index contributed by atoms with van der Waals surface area (Å²) in [5.74, 6) is 0.786. The zero-order valence-electron chi connectivity index (χ0n) is 12.2. The van der Waals surface area contributed by atoms with Crippen LogP contribution in [0.5, 0.6) is 0 Å². The molecule has 1 heterocycles. The van der Waals surface area contributed by atoms with Crippen LogP contribution >= 0.6 is 39.9 Å². The Bertz CT molecular complexity index is 476. The van der Waals surface area contributed by atoms with Gasteiger partial charge in [-0.05, 0) is 59.8 Å². The Morgan fingerprint density at radius 3 is 2.71 bits per heavy atom. The van der Waals surface area contributed by atoms with Crippen molar-refractivity contribution >= 4 is 45.9 Å². The molecule has 0 atom stereocenters. The van der Waals surface area contributed by atoms with Crippen LogP contribution in [0.2, 0.25) is 0 Å². The molecule has 0 saturated carbocycles. The van der Waals surface area contributed by atoms with E-state index in [0.29, 0.717) is 4.47 Å². The van der Waals surface area contributed by atoms with E-state index < -0.39 is 0 Å². The molecule has 2 rings (SSSR count). The van der Waals surface area contributed by atoms with Crippen LogP contribution in [-0.4, -0.2) is 37.0 Å². The largest absolute Gasteiger partial charge is 0.357 e. The zero-order valence-corrected chi connectivity index (χ0v) is 16.2. The van der Waals surface area contributed by atoms with Crippen LogP contribution in [0, 0.1) is 5.82 Å². The Morgan fingerprint density at radius 1 is 1.38 bits per heavy atom. The summed E-state index contributed by atoms with van der Waals surface area (Å²) in [6, 6.07) is 5.14. The second-order valence-corrected chi connectivity index (χ2v) is 5.78. The van der Waals surface area contributed by atoms with E-state index >= 15 is 0 Å². The first-order valence-corrected chi connectivity index (χ1v) is 7.97. The van der Waals surface area contributed by atoms with Gasteiger partial charge in [0.25, 0.3) is 0 Å². The van der Waals surface area contributed by atoms with Crippen molar-refractivity contribution in [2.75, 3.05) is 26.2 Å². The van der Waals surface area contributed by atoms with Crippen LogP contribution in [0.15, 0.2) is 27.7 Å². The summed E-state index contributed by atoms with van der Waals surface area (Å²) in [4.78, 5) is 6.97. The van der Waals surface area contributed by atoms with Crippen molar-refractivity contribution in [3.63, 3.8) is 0 Å². The van der Waals surface area contributed by atoms with Gasteiger partial charge in [0.15, 0.2) is 5.96 Å². The van der Waals surface area contributed by atoms with Crippen molar-refractivity contribution in [2.24, 2.45) is 4.99 Å². The zero-order chi connectivity index (χ0) is 14.4. The molecule has 0 unspecified atom stereocenters. The number of benzene rings is 1. The lowest BCUT2D eigenvalue weighted by atomic mass is 10.1. The highest BCUT2D eigenvalue weighted by Gasteiger charge is 2.15. The van der Waals surface area contributed by atoms with Crippen LogP contribution in [0.1, 0.15) is 25.3 Å². The van der Waals surface area contributed by atoms with Crippen molar-refractivity contribution in [3.05, 3.63) is 34.1 Å². The Morgan fingerprint density at radius 2 is 2.10 bits per heavy atom. The number of halogens is 3. The number of hydrogen-bond donors (Lipinski definition) is 1. The van der Waals surface area contributed by atoms with Gasteiger partial charge in [-0.3, -0.25) is 4.99 Å². The third-order valence-corrected chi connectivity index (χ3v) is 3.99. The number of likely N-dealkylation sites (tertiary alicyclic amines) is 1. The summed E-state index contributed by atoms with van der Waals surface area (Å²) in [6.07, 6.45) is 3.31. The number of aliphatic imine (C=N–C) groups is 1. The van der Waals surface area contributed by atoms with Gasteiger partial charge in [0.2, 0.25) is 0 Å². The fourth-order valence-electron chi connectivity index (χ4n) is 2.34. The summed E-state index contributed by atoms with van der Waals surface area (Å²) in [5, 5.41) is 3.34. The molecule has 1 aliphatic rings. The third-order valence-electron chi connectivity index (χ3n) is 3.39. The van der Waals surface area contributed by atoms with Crippen molar-refractivity contribution < 1.29 is 4.39 Å². The molecule has 1 fully saturated rings. The van der Waals surface area contributed by atoms with Crippen LogP contribution < -0.4 is 5.32 Å². The standard InChI is InChI=1S/C15H21BrFN3.HI/c1-2-18-15(20-9-3-4-10-20)19-8-7-12-5-6-14(17)13(16)11-12;/h5-6,11H,2-4,7-10H2,1H3,(H,18,19);1H. The average molecular weight is 470 g/mol. The maximum atomic E-state index is 13.2. The minimum Gasteiger partial charge on any atom is -0.357 e. The number of nitrogens with zero attached hydrogens (tertiary/aromatic N) is 2. The molecular formula is C15H22BrFIN3. The molecule has 1 saturated heterocycles. The maximum Gasteiger partial charge on any atom is 0.193 e. The Kier molecular flexibility index (Phi) is 8.55. The van der Waals surface area contributed by atoms with E-state index in [9.17, 15) is 4.39 Å². The second kappa shape index (κ2) is 9.61. The van der Waals surface area contributed by atoms with Crippen molar-refractivity contribution in [1.29, 1.82) is 0 Å². The van der Waals surface area contributed by atoms with Crippen LogP contribution in [-0.2, 0) is 6.42 Å². The van der Waals surface area contributed by atoms with E-state index in [1.54, 1.807) is 0 Å². The molecule has 1 aromatic carbocycles. The van der Waals surface area contributed by atoms with E-state index in [0.717, 1.165) is 44.1 Å². The molecule has 0 amide bonds. The van der Waals surface area contributed by atoms with Crippen molar-refractivity contribution in [2.45, 2.75) is 26.2 Å². The Labute approximate surface area is 151 Å². The van der Waals surface area contributed by atoms with Crippen LogP contribution in [0.4, 0.5) is 4.39 Å². The number of guanidine groups is 1. The number of rotatable bonds is 4. The molecule has 6 heteroatoms. The first kappa shape index (κ1) is 18.7. The molecule has 1 aromatic rings. The molecule has 0 spiro atoms. The van der Waals surface area contributed by atoms with Gasteiger partial charge in [-0.1, -0.05) is 6.07 Å². The van der Waals surface area contributed by atoms with E-state index in [1.165, 1.54) is 18.9 Å². The van der Waals surface area contributed by atoms with Gasteiger partial charge in [0.1, 0.15) is 5.82 Å². The summed E-state index contributed by atoms with van der Waals surface area (Å²) >= 11 is 3.21. The molecule has 0 aromatic heterocycles. The quantitative estimate of drug-likeness (QED) is 0.412. The Balaban J connectivity index is 0.00000220. The minimum absolute atomic E-state index is 0.